The van der Waals surface area contributed by atoms with Crippen molar-refractivity contribution in [2.75, 3.05) is 25.9 Å². The normalized spacial score (nSPS) is 28.4. The van der Waals surface area contributed by atoms with Crippen LogP contribution in [0.4, 0.5) is 5.95 Å². The van der Waals surface area contributed by atoms with E-state index in [9.17, 15) is 4.79 Å². The number of nitrogens with two attached hydrogens (primary N) is 1. The van der Waals surface area contributed by atoms with E-state index in [4.69, 9.17) is 5.73 Å². The number of anilines is 1. The van der Waals surface area contributed by atoms with E-state index in [0.717, 1.165) is 19.5 Å². The fraction of sp³-hybridized carbons (Fsp3) is 0.727. The van der Waals surface area contributed by atoms with Gasteiger partial charge in [-0.15, -0.1) is 5.10 Å². The van der Waals surface area contributed by atoms with E-state index in [1.807, 2.05) is 4.90 Å². The lowest BCUT2D eigenvalue weighted by Crippen LogP contribution is -2.40. The highest BCUT2D eigenvalue weighted by Crippen LogP contribution is 2.28. The molecule has 7 heteroatoms. The molecule has 2 atom stereocenters. The van der Waals surface area contributed by atoms with Gasteiger partial charge in [0.05, 0.1) is 0 Å². The molecule has 2 aliphatic rings. The summed E-state index contributed by atoms with van der Waals surface area (Å²) in [6.07, 6.45) is 3.45. The molecule has 1 amide bonds. The molecule has 3 heterocycles. The van der Waals surface area contributed by atoms with E-state index >= 15 is 0 Å². The third-order valence-corrected chi connectivity index (χ3v) is 4.14. The molecule has 18 heavy (non-hydrogen) atoms. The second kappa shape index (κ2) is 4.24. The summed E-state index contributed by atoms with van der Waals surface area (Å²) in [5.41, 5.74) is 5.43. The molecule has 1 aromatic rings. The van der Waals surface area contributed by atoms with Crippen molar-refractivity contribution in [2.45, 2.75) is 31.3 Å². The Hall–Kier alpha value is -1.63. The molecule has 0 saturated carbocycles. The van der Waals surface area contributed by atoms with Crippen LogP contribution in [0, 0.1) is 0 Å². The first-order valence-corrected chi connectivity index (χ1v) is 6.34. The number of amides is 1. The number of aromatic amines is 1. The fourth-order valence-electron chi connectivity index (χ4n) is 3.01. The van der Waals surface area contributed by atoms with Gasteiger partial charge >= 0.3 is 0 Å². The summed E-state index contributed by atoms with van der Waals surface area (Å²) in [6, 6.07) is 1.09. The Balaban J connectivity index is 1.75. The predicted molar refractivity (Wildman–Crippen MR) is 65.9 cm³/mol. The van der Waals surface area contributed by atoms with Crippen LogP contribution < -0.4 is 5.73 Å². The van der Waals surface area contributed by atoms with Crippen molar-refractivity contribution in [3.8, 4) is 0 Å². The number of nitrogen functional groups attached to an aromatic ring is 1. The van der Waals surface area contributed by atoms with Crippen LogP contribution in [-0.4, -0.2) is 63.1 Å². The summed E-state index contributed by atoms with van der Waals surface area (Å²) in [7, 11) is 2.16. The van der Waals surface area contributed by atoms with Gasteiger partial charge in [-0.2, -0.15) is 4.98 Å². The number of likely N-dealkylation sites (N-methyl/N-ethyl adjacent to an activating group) is 1. The number of hydrogen-bond donors (Lipinski definition) is 2. The fourth-order valence-corrected chi connectivity index (χ4v) is 3.01. The molecule has 0 radical (unpaired) electrons. The Morgan fingerprint density at radius 1 is 1.39 bits per heavy atom. The van der Waals surface area contributed by atoms with Gasteiger partial charge in [-0.25, -0.2) is 0 Å². The molecular formula is C11H18N6O. The number of carbonyl (C=O) groups excluding carboxylic acids is 1. The molecule has 0 aliphatic carbocycles. The highest BCUT2D eigenvalue weighted by atomic mass is 16.2. The molecule has 2 unspecified atom stereocenters. The summed E-state index contributed by atoms with van der Waals surface area (Å²) in [5, 5.41) is 6.29. The second-order valence-electron chi connectivity index (χ2n) is 5.13. The Kier molecular flexibility index (Phi) is 2.70. The smallest absolute Gasteiger partial charge is 0.291 e. The van der Waals surface area contributed by atoms with Crippen LogP contribution in [0.15, 0.2) is 0 Å². The van der Waals surface area contributed by atoms with Crippen molar-refractivity contribution < 1.29 is 4.79 Å². The molecule has 7 nitrogen and oxygen atoms in total. The minimum absolute atomic E-state index is 0.0971. The zero-order valence-corrected chi connectivity index (χ0v) is 10.5. The van der Waals surface area contributed by atoms with Crippen LogP contribution in [0.3, 0.4) is 0 Å². The summed E-state index contributed by atoms with van der Waals surface area (Å²) >= 11 is 0. The summed E-state index contributed by atoms with van der Waals surface area (Å²) in [5.74, 6) is 0.264. The van der Waals surface area contributed by atoms with Gasteiger partial charge in [-0.05, 0) is 26.3 Å². The number of nitrogens with one attached hydrogen (secondary N) is 1. The maximum Gasteiger partial charge on any atom is 0.291 e. The van der Waals surface area contributed by atoms with Crippen molar-refractivity contribution in [2.24, 2.45) is 0 Å². The topological polar surface area (TPSA) is 91.1 Å². The van der Waals surface area contributed by atoms with Crippen molar-refractivity contribution in [3.63, 3.8) is 0 Å². The molecule has 3 N–H and O–H groups in total. The quantitative estimate of drug-likeness (QED) is 0.713. The number of likely N-dealkylation sites (tertiary alicyclic amines) is 1. The minimum atomic E-state index is -0.0971. The second-order valence-corrected chi connectivity index (χ2v) is 5.13. The van der Waals surface area contributed by atoms with Gasteiger partial charge in [-0.1, -0.05) is 0 Å². The van der Waals surface area contributed by atoms with Crippen LogP contribution in [-0.2, 0) is 0 Å². The molecule has 2 fully saturated rings. The van der Waals surface area contributed by atoms with E-state index in [0.29, 0.717) is 12.1 Å². The Labute approximate surface area is 105 Å². The molecule has 3 rings (SSSR count). The lowest BCUT2D eigenvalue weighted by molar-refractivity contribution is 0.0728. The monoisotopic (exact) mass is 250 g/mol. The van der Waals surface area contributed by atoms with Gasteiger partial charge < -0.3 is 10.6 Å². The standard InChI is InChI=1S/C11H18N6O/c1-16-7-2-3-8(16)6-17(5-4-7)10(18)9-13-11(12)15-14-9/h7-8H,2-6H2,1H3,(H3,12,13,14,15). The first-order valence-electron chi connectivity index (χ1n) is 6.34. The third kappa shape index (κ3) is 1.84. The van der Waals surface area contributed by atoms with Crippen LogP contribution in [0.1, 0.15) is 29.9 Å². The SMILES string of the molecule is CN1C2CCC1CN(C(=O)c1nc(N)n[nH]1)CC2. The van der Waals surface area contributed by atoms with Crippen molar-refractivity contribution in [1.82, 2.24) is 25.0 Å². The first kappa shape index (κ1) is 11.5. The van der Waals surface area contributed by atoms with Crippen LogP contribution in [0.5, 0.6) is 0 Å². The molecule has 2 aliphatic heterocycles. The van der Waals surface area contributed by atoms with Crippen LogP contribution >= 0.6 is 0 Å². The number of H-pyrrole nitrogens is 1. The van der Waals surface area contributed by atoms with Gasteiger partial charge in [-0.3, -0.25) is 14.8 Å². The van der Waals surface area contributed by atoms with Crippen LogP contribution in [0.2, 0.25) is 0 Å². The van der Waals surface area contributed by atoms with Crippen molar-refractivity contribution in [3.05, 3.63) is 5.82 Å². The summed E-state index contributed by atoms with van der Waals surface area (Å²) in [4.78, 5) is 20.4. The summed E-state index contributed by atoms with van der Waals surface area (Å²) < 4.78 is 0. The maximum absolute atomic E-state index is 12.3. The highest BCUT2D eigenvalue weighted by molar-refractivity contribution is 5.90. The zero-order valence-electron chi connectivity index (χ0n) is 10.5. The van der Waals surface area contributed by atoms with Gasteiger partial charge in [0, 0.05) is 25.2 Å². The maximum atomic E-state index is 12.3. The largest absolute Gasteiger partial charge is 0.366 e. The van der Waals surface area contributed by atoms with Gasteiger partial charge in [0.1, 0.15) is 0 Å². The molecule has 0 spiro atoms. The minimum Gasteiger partial charge on any atom is -0.366 e. The van der Waals surface area contributed by atoms with Crippen LogP contribution in [0.25, 0.3) is 0 Å². The number of aromatic nitrogens is 3. The average Bonchev–Trinajstić information content (AvgIpc) is 2.84. The predicted octanol–water partition coefficient (Wildman–Crippen LogP) is -0.304. The number of nitrogens with zero attached hydrogens (tertiary/aromatic N) is 4. The van der Waals surface area contributed by atoms with Gasteiger partial charge in [0.15, 0.2) is 0 Å². The first-order chi connectivity index (χ1) is 8.65. The number of hydrogen-bond acceptors (Lipinski definition) is 5. The average molecular weight is 250 g/mol. The molecule has 98 valence electrons. The van der Waals surface area contributed by atoms with E-state index in [1.54, 1.807) is 0 Å². The van der Waals surface area contributed by atoms with E-state index in [1.165, 1.54) is 12.8 Å². The number of rotatable bonds is 1. The zero-order chi connectivity index (χ0) is 12.7. The van der Waals surface area contributed by atoms with Crippen molar-refractivity contribution >= 4 is 11.9 Å². The lowest BCUT2D eigenvalue weighted by atomic mass is 10.1. The lowest BCUT2D eigenvalue weighted by Gasteiger charge is -2.24. The van der Waals surface area contributed by atoms with Gasteiger partial charge in [0.25, 0.3) is 5.91 Å². The molecular weight excluding hydrogens is 232 g/mol. The number of fused-ring (bicyclic) bond motifs is 2. The molecule has 1 aromatic heterocycles. The van der Waals surface area contributed by atoms with E-state index in [2.05, 4.69) is 27.1 Å². The highest BCUT2D eigenvalue weighted by Gasteiger charge is 2.36. The number of carbonyl (C=O) groups is 1. The Bertz CT molecular complexity index is 458. The van der Waals surface area contributed by atoms with E-state index < -0.39 is 0 Å². The van der Waals surface area contributed by atoms with Crippen molar-refractivity contribution in [1.29, 1.82) is 0 Å². The molecule has 2 saturated heterocycles. The summed E-state index contributed by atoms with van der Waals surface area (Å²) in [6.45, 7) is 1.55. The van der Waals surface area contributed by atoms with Gasteiger partial charge in [0.2, 0.25) is 11.8 Å². The Morgan fingerprint density at radius 2 is 2.17 bits per heavy atom. The Morgan fingerprint density at radius 3 is 2.89 bits per heavy atom. The molecule has 0 aromatic carbocycles. The van der Waals surface area contributed by atoms with E-state index in [-0.39, 0.29) is 17.7 Å². The third-order valence-electron chi connectivity index (χ3n) is 4.14. The molecule has 2 bridgehead atoms.